The van der Waals surface area contributed by atoms with Gasteiger partial charge in [0, 0.05) is 22.2 Å². The van der Waals surface area contributed by atoms with Crippen LogP contribution in [0.4, 0.5) is 16.3 Å². The van der Waals surface area contributed by atoms with E-state index in [4.69, 9.17) is 16.9 Å². The van der Waals surface area contributed by atoms with Crippen molar-refractivity contribution in [3.63, 3.8) is 0 Å². The highest BCUT2D eigenvalue weighted by Gasteiger charge is 2.21. The molecule has 0 aliphatic heterocycles. The summed E-state index contributed by atoms with van der Waals surface area (Å²) in [6, 6.07) is 17.4. The molecule has 0 fully saturated rings. The number of hydrogen-bond acceptors (Lipinski definition) is 3. The fraction of sp³-hybridized carbons (Fsp3) is 0.190. The normalized spacial score (nSPS) is 11.0. The number of aromatic nitrogens is 2. The van der Waals surface area contributed by atoms with Crippen LogP contribution in [0.25, 0.3) is 5.69 Å². The van der Waals surface area contributed by atoms with Gasteiger partial charge in [-0.15, -0.1) is 0 Å². The monoisotopic (exact) mass is 393 g/mol. The van der Waals surface area contributed by atoms with E-state index in [1.807, 2.05) is 6.07 Å². The summed E-state index contributed by atoms with van der Waals surface area (Å²) in [7, 11) is 0. The maximum absolute atomic E-state index is 12.5. The molecule has 2 N–H and O–H groups in total. The SMILES string of the molecule is CC(C)(C)c1cc(NC(=O)Nc2ccc(Cl)cc2)n(-c2ccc(C#N)cc2)n1. The second-order valence-corrected chi connectivity index (χ2v) is 7.76. The molecule has 0 aliphatic rings. The van der Waals surface area contributed by atoms with Gasteiger partial charge in [0.15, 0.2) is 0 Å². The number of carbonyl (C=O) groups excluding carboxylic acids is 1. The number of amides is 2. The van der Waals surface area contributed by atoms with Gasteiger partial charge in [0.05, 0.1) is 23.0 Å². The molecular weight excluding hydrogens is 374 g/mol. The minimum absolute atomic E-state index is 0.194. The van der Waals surface area contributed by atoms with Crippen molar-refractivity contribution in [3.8, 4) is 11.8 Å². The number of anilines is 2. The molecule has 0 unspecified atom stereocenters. The standard InChI is InChI=1S/C21H20ClN5O/c1-21(2,3)18-12-19(25-20(28)24-16-8-6-15(22)7-9-16)27(26-18)17-10-4-14(13-23)5-11-17/h4-12H,1-3H3,(H2,24,25,28). The van der Waals surface area contributed by atoms with Crippen LogP contribution in [-0.4, -0.2) is 15.8 Å². The fourth-order valence-electron chi connectivity index (χ4n) is 2.52. The van der Waals surface area contributed by atoms with Crippen molar-refractivity contribution in [1.82, 2.24) is 9.78 Å². The van der Waals surface area contributed by atoms with Crippen LogP contribution < -0.4 is 10.6 Å². The third-order valence-electron chi connectivity index (χ3n) is 4.06. The van der Waals surface area contributed by atoms with Gasteiger partial charge in [-0.1, -0.05) is 32.4 Å². The topological polar surface area (TPSA) is 82.7 Å². The predicted octanol–water partition coefficient (Wildman–Crippen LogP) is 5.34. The van der Waals surface area contributed by atoms with E-state index in [2.05, 4.69) is 42.6 Å². The van der Waals surface area contributed by atoms with Gasteiger partial charge in [-0.05, 0) is 48.5 Å². The van der Waals surface area contributed by atoms with Crippen molar-refractivity contribution >= 4 is 29.1 Å². The molecule has 0 bridgehead atoms. The van der Waals surface area contributed by atoms with Crippen molar-refractivity contribution in [2.75, 3.05) is 10.6 Å². The van der Waals surface area contributed by atoms with E-state index in [1.54, 1.807) is 53.2 Å². The van der Waals surface area contributed by atoms with Gasteiger partial charge in [-0.3, -0.25) is 5.32 Å². The van der Waals surface area contributed by atoms with Gasteiger partial charge in [-0.25, -0.2) is 9.48 Å². The van der Waals surface area contributed by atoms with Gasteiger partial charge in [0.1, 0.15) is 5.82 Å². The zero-order valence-electron chi connectivity index (χ0n) is 15.8. The quantitative estimate of drug-likeness (QED) is 0.630. The molecule has 7 heteroatoms. The summed E-state index contributed by atoms with van der Waals surface area (Å²) < 4.78 is 1.66. The fourth-order valence-corrected chi connectivity index (χ4v) is 2.65. The van der Waals surface area contributed by atoms with Crippen LogP contribution in [0, 0.1) is 11.3 Å². The first kappa shape index (κ1) is 19.5. The molecule has 142 valence electrons. The van der Waals surface area contributed by atoms with Gasteiger partial charge < -0.3 is 5.32 Å². The summed E-state index contributed by atoms with van der Waals surface area (Å²) in [4.78, 5) is 12.5. The van der Waals surface area contributed by atoms with E-state index in [0.29, 0.717) is 22.1 Å². The van der Waals surface area contributed by atoms with Crippen LogP contribution in [0.15, 0.2) is 54.6 Å². The van der Waals surface area contributed by atoms with Gasteiger partial charge in [0.25, 0.3) is 0 Å². The van der Waals surface area contributed by atoms with Crippen molar-refractivity contribution in [3.05, 3.63) is 70.9 Å². The maximum Gasteiger partial charge on any atom is 0.324 e. The molecular formula is C21H20ClN5O. The molecule has 1 aromatic heterocycles. The van der Waals surface area contributed by atoms with Crippen molar-refractivity contribution in [2.24, 2.45) is 0 Å². The zero-order chi connectivity index (χ0) is 20.3. The Bertz CT molecular complexity index is 1020. The van der Waals surface area contributed by atoms with Crippen LogP contribution in [0.3, 0.4) is 0 Å². The highest BCUT2D eigenvalue weighted by atomic mass is 35.5. The summed E-state index contributed by atoms with van der Waals surface area (Å²) in [6.45, 7) is 6.15. The van der Waals surface area contributed by atoms with Crippen LogP contribution in [0.2, 0.25) is 5.02 Å². The Balaban J connectivity index is 1.89. The number of nitriles is 1. The second-order valence-electron chi connectivity index (χ2n) is 7.32. The minimum Gasteiger partial charge on any atom is -0.308 e. The average Bonchev–Trinajstić information content (AvgIpc) is 3.08. The molecule has 0 saturated carbocycles. The molecule has 0 atom stereocenters. The summed E-state index contributed by atoms with van der Waals surface area (Å²) in [5, 5.41) is 19.9. The average molecular weight is 394 g/mol. The van der Waals surface area contributed by atoms with Crippen LogP contribution in [-0.2, 0) is 5.41 Å². The first-order valence-electron chi connectivity index (χ1n) is 8.71. The molecule has 2 amide bonds. The lowest BCUT2D eigenvalue weighted by molar-refractivity contribution is 0.262. The smallest absolute Gasteiger partial charge is 0.308 e. The van der Waals surface area contributed by atoms with Crippen LogP contribution in [0.5, 0.6) is 0 Å². The van der Waals surface area contributed by atoms with Crippen molar-refractivity contribution < 1.29 is 4.79 Å². The third-order valence-corrected chi connectivity index (χ3v) is 4.31. The lowest BCUT2D eigenvalue weighted by Gasteiger charge is -2.14. The second kappa shape index (κ2) is 7.75. The number of halogens is 1. The Kier molecular flexibility index (Phi) is 5.39. The first-order valence-corrected chi connectivity index (χ1v) is 9.09. The third kappa shape index (κ3) is 4.51. The summed E-state index contributed by atoms with van der Waals surface area (Å²) in [6.07, 6.45) is 0. The van der Waals surface area contributed by atoms with Crippen molar-refractivity contribution in [1.29, 1.82) is 5.26 Å². The van der Waals surface area contributed by atoms with Crippen LogP contribution in [0.1, 0.15) is 32.0 Å². The lowest BCUT2D eigenvalue weighted by atomic mass is 9.92. The number of nitrogens with zero attached hydrogens (tertiary/aromatic N) is 3. The molecule has 6 nitrogen and oxygen atoms in total. The van der Waals surface area contributed by atoms with Gasteiger partial charge >= 0.3 is 6.03 Å². The maximum atomic E-state index is 12.5. The highest BCUT2D eigenvalue weighted by Crippen LogP contribution is 2.26. The Hall–Kier alpha value is -3.30. The Morgan fingerprint density at radius 3 is 2.29 bits per heavy atom. The van der Waals surface area contributed by atoms with E-state index in [-0.39, 0.29) is 5.41 Å². The molecule has 1 heterocycles. The molecule has 2 aromatic carbocycles. The van der Waals surface area contributed by atoms with Crippen LogP contribution >= 0.6 is 11.6 Å². The first-order chi connectivity index (χ1) is 13.3. The van der Waals surface area contributed by atoms with E-state index >= 15 is 0 Å². The van der Waals surface area contributed by atoms with E-state index in [0.717, 1.165) is 11.4 Å². The molecule has 0 aliphatic carbocycles. The number of hydrogen-bond donors (Lipinski definition) is 2. The van der Waals surface area contributed by atoms with E-state index in [9.17, 15) is 4.79 Å². The largest absolute Gasteiger partial charge is 0.324 e. The van der Waals surface area contributed by atoms with Gasteiger partial charge in [-0.2, -0.15) is 10.4 Å². The Morgan fingerprint density at radius 1 is 1.07 bits per heavy atom. The minimum atomic E-state index is -0.391. The molecule has 3 aromatic rings. The number of benzene rings is 2. The summed E-state index contributed by atoms with van der Waals surface area (Å²) in [5.74, 6) is 0.529. The number of nitrogens with one attached hydrogen (secondary N) is 2. The van der Waals surface area contributed by atoms with E-state index in [1.165, 1.54) is 0 Å². The molecule has 3 rings (SSSR count). The molecule has 0 spiro atoms. The Labute approximate surface area is 168 Å². The zero-order valence-corrected chi connectivity index (χ0v) is 16.6. The van der Waals surface area contributed by atoms with Gasteiger partial charge in [0.2, 0.25) is 0 Å². The number of urea groups is 1. The lowest BCUT2D eigenvalue weighted by Crippen LogP contribution is -2.21. The highest BCUT2D eigenvalue weighted by molar-refractivity contribution is 6.30. The number of carbonyl (C=O) groups is 1. The van der Waals surface area contributed by atoms with Crippen molar-refractivity contribution in [2.45, 2.75) is 26.2 Å². The molecule has 0 saturated heterocycles. The number of rotatable bonds is 3. The molecule has 28 heavy (non-hydrogen) atoms. The van der Waals surface area contributed by atoms with E-state index < -0.39 is 6.03 Å². The Morgan fingerprint density at radius 2 is 1.71 bits per heavy atom. The summed E-state index contributed by atoms with van der Waals surface area (Å²) in [5.41, 5.74) is 2.57. The summed E-state index contributed by atoms with van der Waals surface area (Å²) >= 11 is 5.87. The predicted molar refractivity (Wildman–Crippen MR) is 111 cm³/mol. The molecule has 0 radical (unpaired) electrons.